The van der Waals surface area contributed by atoms with Crippen molar-refractivity contribution in [2.24, 2.45) is 11.7 Å². The third kappa shape index (κ3) is 5.07. The van der Waals surface area contributed by atoms with Gasteiger partial charge >= 0.3 is 0 Å². The molecule has 2 amide bonds. The summed E-state index contributed by atoms with van der Waals surface area (Å²) in [7, 11) is 0. The minimum absolute atomic E-state index is 0. The van der Waals surface area contributed by atoms with E-state index in [4.69, 9.17) is 5.73 Å². The van der Waals surface area contributed by atoms with Crippen molar-refractivity contribution in [1.29, 1.82) is 0 Å². The highest BCUT2D eigenvalue weighted by molar-refractivity contribution is 6.05. The number of amides is 2. The zero-order valence-electron chi connectivity index (χ0n) is 14.7. The highest BCUT2D eigenvalue weighted by atomic mass is 35.5. The molecule has 26 heavy (non-hydrogen) atoms. The first-order chi connectivity index (χ1) is 12.0. The smallest absolute Gasteiger partial charge is 0.255 e. The summed E-state index contributed by atoms with van der Waals surface area (Å²) in [5, 5.41) is 5.75. The van der Waals surface area contributed by atoms with Gasteiger partial charge in [0.2, 0.25) is 0 Å². The standard InChI is InChI=1S/C20H23N3O2.ClH/c1-13-7-8-16(19(24)22-12-17(21)14-9-10-14)11-18(13)23-20(25)15-5-3-2-4-6-15;/h2-8,11,14,17H,9-10,12,21H2,1H3,(H,22,24)(H,23,25);1H. The Kier molecular flexibility index (Phi) is 6.77. The van der Waals surface area contributed by atoms with Gasteiger partial charge in [-0.05, 0) is 55.5 Å². The maximum Gasteiger partial charge on any atom is 0.255 e. The van der Waals surface area contributed by atoms with Gasteiger partial charge in [0.25, 0.3) is 11.8 Å². The first-order valence-electron chi connectivity index (χ1n) is 8.55. The Bertz CT molecular complexity index is 776. The molecule has 1 aliphatic rings. The Hall–Kier alpha value is -2.37. The number of nitrogens with two attached hydrogens (primary N) is 1. The molecule has 6 heteroatoms. The summed E-state index contributed by atoms with van der Waals surface area (Å²) in [5.41, 5.74) is 8.64. The second-order valence-electron chi connectivity index (χ2n) is 6.56. The lowest BCUT2D eigenvalue weighted by molar-refractivity contribution is 0.0949. The lowest BCUT2D eigenvalue weighted by Crippen LogP contribution is -2.38. The number of hydrogen-bond acceptors (Lipinski definition) is 3. The van der Waals surface area contributed by atoms with Crippen LogP contribution in [0.4, 0.5) is 5.69 Å². The van der Waals surface area contributed by atoms with Gasteiger partial charge in [-0.25, -0.2) is 0 Å². The van der Waals surface area contributed by atoms with E-state index in [0.29, 0.717) is 29.3 Å². The molecule has 4 N–H and O–H groups in total. The predicted octanol–water partition coefficient (Wildman–Crippen LogP) is 3.14. The van der Waals surface area contributed by atoms with Crippen LogP contribution in [0.1, 0.15) is 39.1 Å². The quantitative estimate of drug-likeness (QED) is 0.727. The number of hydrogen-bond donors (Lipinski definition) is 3. The van der Waals surface area contributed by atoms with Gasteiger partial charge in [-0.15, -0.1) is 12.4 Å². The molecule has 1 saturated carbocycles. The van der Waals surface area contributed by atoms with Crippen LogP contribution in [0, 0.1) is 12.8 Å². The molecule has 0 aromatic heterocycles. The van der Waals surface area contributed by atoms with Crippen molar-refractivity contribution < 1.29 is 9.59 Å². The van der Waals surface area contributed by atoms with Crippen LogP contribution in [-0.4, -0.2) is 24.4 Å². The zero-order valence-corrected chi connectivity index (χ0v) is 15.5. The summed E-state index contributed by atoms with van der Waals surface area (Å²) < 4.78 is 0. The van der Waals surface area contributed by atoms with Crippen LogP contribution in [-0.2, 0) is 0 Å². The Balaban J connectivity index is 0.00000243. The molecule has 2 aromatic rings. The molecule has 2 aromatic carbocycles. The van der Waals surface area contributed by atoms with E-state index in [1.165, 1.54) is 0 Å². The van der Waals surface area contributed by atoms with Crippen LogP contribution in [0.2, 0.25) is 0 Å². The molecular weight excluding hydrogens is 350 g/mol. The molecule has 1 atom stereocenters. The average Bonchev–Trinajstić information content (AvgIpc) is 3.47. The van der Waals surface area contributed by atoms with E-state index < -0.39 is 0 Å². The summed E-state index contributed by atoms with van der Waals surface area (Å²) >= 11 is 0. The van der Waals surface area contributed by atoms with Crippen LogP contribution in [0.5, 0.6) is 0 Å². The normalized spacial score (nSPS) is 14.1. The van der Waals surface area contributed by atoms with E-state index in [-0.39, 0.29) is 30.3 Å². The molecule has 0 aliphatic heterocycles. The predicted molar refractivity (Wildman–Crippen MR) is 106 cm³/mol. The van der Waals surface area contributed by atoms with Gasteiger partial charge in [-0.2, -0.15) is 0 Å². The van der Waals surface area contributed by atoms with E-state index in [9.17, 15) is 9.59 Å². The van der Waals surface area contributed by atoms with Gasteiger partial charge in [-0.1, -0.05) is 24.3 Å². The lowest BCUT2D eigenvalue weighted by Gasteiger charge is -2.13. The van der Waals surface area contributed by atoms with Crippen molar-refractivity contribution in [3.8, 4) is 0 Å². The van der Waals surface area contributed by atoms with E-state index in [0.717, 1.165) is 18.4 Å². The lowest BCUT2D eigenvalue weighted by atomic mass is 10.1. The van der Waals surface area contributed by atoms with Crippen molar-refractivity contribution in [2.75, 3.05) is 11.9 Å². The Labute approximate surface area is 159 Å². The molecule has 1 aliphatic carbocycles. The molecule has 0 spiro atoms. The minimum Gasteiger partial charge on any atom is -0.350 e. The van der Waals surface area contributed by atoms with Crippen LogP contribution in [0.15, 0.2) is 48.5 Å². The van der Waals surface area contributed by atoms with Gasteiger partial charge < -0.3 is 16.4 Å². The maximum absolute atomic E-state index is 12.3. The minimum atomic E-state index is -0.197. The number of nitrogens with one attached hydrogen (secondary N) is 2. The fraction of sp³-hybridized carbons (Fsp3) is 0.300. The van der Waals surface area contributed by atoms with Gasteiger partial charge in [0.1, 0.15) is 0 Å². The second-order valence-corrected chi connectivity index (χ2v) is 6.56. The number of carbonyl (C=O) groups excluding carboxylic acids is 2. The van der Waals surface area contributed by atoms with Crippen molar-refractivity contribution in [2.45, 2.75) is 25.8 Å². The third-order valence-electron chi connectivity index (χ3n) is 4.51. The molecule has 0 saturated heterocycles. The molecule has 1 fully saturated rings. The highest BCUT2D eigenvalue weighted by Crippen LogP contribution is 2.31. The Morgan fingerprint density at radius 1 is 1.08 bits per heavy atom. The maximum atomic E-state index is 12.3. The summed E-state index contributed by atoms with van der Waals surface area (Å²) in [5.74, 6) is 0.169. The second kappa shape index (κ2) is 8.83. The van der Waals surface area contributed by atoms with E-state index in [1.807, 2.05) is 31.2 Å². The van der Waals surface area contributed by atoms with E-state index >= 15 is 0 Å². The third-order valence-corrected chi connectivity index (χ3v) is 4.51. The molecule has 3 rings (SSSR count). The number of aryl methyl sites for hydroxylation is 1. The summed E-state index contributed by atoms with van der Waals surface area (Å²) in [6.07, 6.45) is 2.30. The number of halogens is 1. The van der Waals surface area contributed by atoms with Gasteiger partial charge in [0.05, 0.1) is 0 Å². The monoisotopic (exact) mass is 373 g/mol. The topological polar surface area (TPSA) is 84.2 Å². The number of benzene rings is 2. The Morgan fingerprint density at radius 2 is 1.77 bits per heavy atom. The largest absolute Gasteiger partial charge is 0.350 e. The molecule has 138 valence electrons. The molecule has 5 nitrogen and oxygen atoms in total. The van der Waals surface area contributed by atoms with Gasteiger partial charge in [0, 0.05) is 29.4 Å². The van der Waals surface area contributed by atoms with E-state index in [2.05, 4.69) is 10.6 Å². The number of anilines is 1. The summed E-state index contributed by atoms with van der Waals surface area (Å²) in [6, 6.07) is 14.3. The van der Waals surface area contributed by atoms with Crippen LogP contribution in [0.3, 0.4) is 0 Å². The van der Waals surface area contributed by atoms with Gasteiger partial charge in [-0.3, -0.25) is 9.59 Å². The van der Waals surface area contributed by atoms with Crippen molar-refractivity contribution >= 4 is 29.9 Å². The molecular formula is C20H24ClN3O2. The zero-order chi connectivity index (χ0) is 17.8. The van der Waals surface area contributed by atoms with Crippen LogP contribution >= 0.6 is 12.4 Å². The Morgan fingerprint density at radius 3 is 2.42 bits per heavy atom. The van der Waals surface area contributed by atoms with Crippen molar-refractivity contribution in [3.63, 3.8) is 0 Å². The number of carbonyl (C=O) groups is 2. The highest BCUT2D eigenvalue weighted by Gasteiger charge is 2.28. The van der Waals surface area contributed by atoms with Crippen molar-refractivity contribution in [3.05, 3.63) is 65.2 Å². The van der Waals surface area contributed by atoms with Crippen LogP contribution < -0.4 is 16.4 Å². The average molecular weight is 374 g/mol. The van der Waals surface area contributed by atoms with Crippen LogP contribution in [0.25, 0.3) is 0 Å². The summed E-state index contributed by atoms with van der Waals surface area (Å²) in [6.45, 7) is 2.37. The van der Waals surface area contributed by atoms with Gasteiger partial charge in [0.15, 0.2) is 0 Å². The molecule has 1 unspecified atom stereocenters. The fourth-order valence-corrected chi connectivity index (χ4v) is 2.69. The van der Waals surface area contributed by atoms with E-state index in [1.54, 1.807) is 24.3 Å². The SMILES string of the molecule is Cc1ccc(C(=O)NCC(N)C2CC2)cc1NC(=O)c1ccccc1.Cl. The molecule has 0 bridgehead atoms. The summed E-state index contributed by atoms with van der Waals surface area (Å²) in [4.78, 5) is 24.6. The molecule has 0 heterocycles. The first-order valence-corrected chi connectivity index (χ1v) is 8.55. The van der Waals surface area contributed by atoms with Crippen molar-refractivity contribution in [1.82, 2.24) is 5.32 Å². The number of rotatable bonds is 6. The fourth-order valence-electron chi connectivity index (χ4n) is 2.69. The first kappa shape index (κ1) is 19.9. The molecule has 0 radical (unpaired) electrons.